The second-order valence-corrected chi connectivity index (χ2v) is 7.07. The summed E-state index contributed by atoms with van der Waals surface area (Å²) in [6.07, 6.45) is 0.768. The first-order chi connectivity index (χ1) is 9.95. The van der Waals surface area contributed by atoms with Gasteiger partial charge in [-0.2, -0.15) is 0 Å². The van der Waals surface area contributed by atoms with Crippen LogP contribution in [0.25, 0.3) is 0 Å². The lowest BCUT2D eigenvalue weighted by Crippen LogP contribution is -2.49. The Morgan fingerprint density at radius 1 is 1.19 bits per heavy atom. The van der Waals surface area contributed by atoms with Gasteiger partial charge in [0.25, 0.3) is 0 Å². The van der Waals surface area contributed by atoms with Gasteiger partial charge in [0.2, 0.25) is 0 Å². The summed E-state index contributed by atoms with van der Waals surface area (Å²) in [7, 11) is 0. The van der Waals surface area contributed by atoms with Gasteiger partial charge < -0.3 is 0 Å². The molecule has 0 aliphatic rings. The molecule has 1 unspecified atom stereocenters. The van der Waals surface area contributed by atoms with Crippen LogP contribution < -0.4 is 11.3 Å². The van der Waals surface area contributed by atoms with Gasteiger partial charge in [-0.15, -0.1) is 0 Å². The first kappa shape index (κ1) is 16.5. The molecule has 0 bridgehead atoms. The Balaban J connectivity index is 2.27. The largest absolute Gasteiger partial charge is 0.271 e. The Morgan fingerprint density at radius 2 is 1.86 bits per heavy atom. The smallest absolute Gasteiger partial charge is 0.0449 e. The molecule has 1 atom stereocenters. The second kappa shape index (κ2) is 6.93. The minimum absolute atomic E-state index is 0.0820. The molecule has 0 saturated heterocycles. The van der Waals surface area contributed by atoms with E-state index in [2.05, 4.69) is 59.5 Å². The third-order valence-electron chi connectivity index (χ3n) is 4.03. The zero-order valence-corrected chi connectivity index (χ0v) is 14.6. The van der Waals surface area contributed by atoms with Crippen molar-refractivity contribution in [1.29, 1.82) is 0 Å². The number of hydrogen-bond acceptors (Lipinski definition) is 2. The number of benzene rings is 2. The summed E-state index contributed by atoms with van der Waals surface area (Å²) in [6.45, 7) is 4.39. The summed E-state index contributed by atoms with van der Waals surface area (Å²) in [5.74, 6) is 5.82. The third kappa shape index (κ3) is 3.86. The summed E-state index contributed by atoms with van der Waals surface area (Å²) >= 11 is 9.76. The van der Waals surface area contributed by atoms with Crippen LogP contribution in [0.1, 0.15) is 25.0 Å². The van der Waals surface area contributed by atoms with Crippen molar-refractivity contribution in [2.45, 2.75) is 31.7 Å². The van der Waals surface area contributed by atoms with Crippen LogP contribution in [0, 0.1) is 0 Å². The summed E-state index contributed by atoms with van der Waals surface area (Å²) < 4.78 is 0.982. The van der Waals surface area contributed by atoms with Crippen molar-refractivity contribution in [2.24, 2.45) is 5.84 Å². The molecule has 0 saturated carbocycles. The van der Waals surface area contributed by atoms with Crippen LogP contribution in [0.2, 0.25) is 5.02 Å². The molecule has 0 radical (unpaired) electrons. The van der Waals surface area contributed by atoms with E-state index in [1.165, 1.54) is 5.56 Å². The molecule has 0 spiro atoms. The minimum Gasteiger partial charge on any atom is -0.271 e. The van der Waals surface area contributed by atoms with Crippen molar-refractivity contribution < 1.29 is 0 Å². The standard InChI is InChI=1S/C17H20BrClN2/c1-17(2,13-6-4-3-5-7-13)16(21-20)10-12-8-9-14(18)11-15(12)19/h3-9,11,16,21H,10,20H2,1-2H3. The highest BCUT2D eigenvalue weighted by molar-refractivity contribution is 9.10. The van der Waals surface area contributed by atoms with Crippen LogP contribution in [-0.2, 0) is 11.8 Å². The Hall–Kier alpha value is -0.870. The van der Waals surface area contributed by atoms with Gasteiger partial charge in [-0.1, -0.05) is 77.8 Å². The summed E-state index contributed by atoms with van der Waals surface area (Å²) in [6, 6.07) is 16.4. The molecule has 0 amide bonds. The molecule has 112 valence electrons. The molecule has 2 aromatic rings. The third-order valence-corrected chi connectivity index (χ3v) is 4.87. The highest BCUT2D eigenvalue weighted by atomic mass is 79.9. The van der Waals surface area contributed by atoms with E-state index >= 15 is 0 Å². The quantitative estimate of drug-likeness (QED) is 0.605. The lowest BCUT2D eigenvalue weighted by Gasteiger charge is -2.35. The van der Waals surface area contributed by atoms with Crippen LogP contribution in [0.15, 0.2) is 53.0 Å². The summed E-state index contributed by atoms with van der Waals surface area (Å²) in [5.41, 5.74) is 5.20. The van der Waals surface area contributed by atoms with Gasteiger partial charge in [0.1, 0.15) is 0 Å². The Kier molecular flexibility index (Phi) is 5.44. The van der Waals surface area contributed by atoms with Crippen LogP contribution in [0.4, 0.5) is 0 Å². The summed E-state index contributed by atoms with van der Waals surface area (Å²) in [4.78, 5) is 0. The van der Waals surface area contributed by atoms with Crippen LogP contribution >= 0.6 is 27.5 Å². The van der Waals surface area contributed by atoms with E-state index in [0.29, 0.717) is 0 Å². The Morgan fingerprint density at radius 3 is 2.43 bits per heavy atom. The molecule has 21 heavy (non-hydrogen) atoms. The van der Waals surface area contributed by atoms with Gasteiger partial charge in [-0.05, 0) is 29.7 Å². The molecular weight excluding hydrogens is 348 g/mol. The molecule has 4 heteroatoms. The molecule has 0 heterocycles. The lowest BCUT2D eigenvalue weighted by atomic mass is 9.76. The number of nitrogens with one attached hydrogen (secondary N) is 1. The topological polar surface area (TPSA) is 38.0 Å². The van der Waals surface area contributed by atoms with E-state index in [4.69, 9.17) is 17.4 Å². The monoisotopic (exact) mass is 366 g/mol. The zero-order valence-electron chi connectivity index (χ0n) is 12.2. The molecule has 2 nitrogen and oxygen atoms in total. The van der Waals surface area contributed by atoms with Crippen molar-refractivity contribution >= 4 is 27.5 Å². The molecule has 2 rings (SSSR count). The fourth-order valence-electron chi connectivity index (χ4n) is 2.50. The van der Waals surface area contributed by atoms with Gasteiger partial charge in [0, 0.05) is 21.0 Å². The SMILES string of the molecule is CC(C)(c1ccccc1)C(Cc1ccc(Br)cc1Cl)NN. The van der Waals surface area contributed by atoms with Crippen molar-refractivity contribution in [3.05, 3.63) is 69.2 Å². The normalized spacial score (nSPS) is 13.2. The number of hydrogen-bond donors (Lipinski definition) is 2. The molecular formula is C17H20BrClN2. The number of nitrogens with two attached hydrogens (primary N) is 1. The van der Waals surface area contributed by atoms with Crippen molar-refractivity contribution in [3.63, 3.8) is 0 Å². The molecule has 3 N–H and O–H groups in total. The summed E-state index contributed by atoms with van der Waals surface area (Å²) in [5, 5.41) is 0.758. The van der Waals surface area contributed by atoms with E-state index in [0.717, 1.165) is 21.5 Å². The van der Waals surface area contributed by atoms with E-state index < -0.39 is 0 Å². The maximum atomic E-state index is 6.33. The second-order valence-electron chi connectivity index (χ2n) is 5.75. The average molecular weight is 368 g/mol. The fourth-order valence-corrected chi connectivity index (χ4v) is 3.25. The number of halogens is 2. The van der Waals surface area contributed by atoms with E-state index in [9.17, 15) is 0 Å². The number of hydrazine groups is 1. The highest BCUT2D eigenvalue weighted by Crippen LogP contribution is 2.31. The minimum atomic E-state index is -0.105. The first-order valence-electron chi connectivity index (χ1n) is 6.90. The maximum absolute atomic E-state index is 6.33. The van der Waals surface area contributed by atoms with E-state index in [1.807, 2.05) is 24.3 Å². The molecule has 0 aliphatic carbocycles. The van der Waals surface area contributed by atoms with Crippen LogP contribution in [0.5, 0.6) is 0 Å². The Labute approximate surface area is 139 Å². The maximum Gasteiger partial charge on any atom is 0.0449 e. The highest BCUT2D eigenvalue weighted by Gasteiger charge is 2.31. The lowest BCUT2D eigenvalue weighted by molar-refractivity contribution is 0.342. The predicted octanol–water partition coefficient (Wildman–Crippen LogP) is 4.45. The average Bonchev–Trinajstić information content (AvgIpc) is 2.47. The first-order valence-corrected chi connectivity index (χ1v) is 8.08. The van der Waals surface area contributed by atoms with Crippen molar-refractivity contribution in [1.82, 2.24) is 5.43 Å². The van der Waals surface area contributed by atoms with Gasteiger partial charge in [0.15, 0.2) is 0 Å². The molecule has 0 aliphatic heterocycles. The van der Waals surface area contributed by atoms with E-state index in [1.54, 1.807) is 0 Å². The zero-order chi connectivity index (χ0) is 15.5. The van der Waals surface area contributed by atoms with Crippen LogP contribution in [-0.4, -0.2) is 6.04 Å². The molecule has 0 aromatic heterocycles. The predicted molar refractivity (Wildman–Crippen MR) is 93.4 cm³/mol. The van der Waals surface area contributed by atoms with Crippen LogP contribution in [0.3, 0.4) is 0 Å². The van der Waals surface area contributed by atoms with Gasteiger partial charge >= 0.3 is 0 Å². The van der Waals surface area contributed by atoms with Crippen molar-refractivity contribution in [2.75, 3.05) is 0 Å². The van der Waals surface area contributed by atoms with Gasteiger partial charge in [-0.3, -0.25) is 11.3 Å². The molecule has 0 fully saturated rings. The van der Waals surface area contributed by atoms with Crippen molar-refractivity contribution in [3.8, 4) is 0 Å². The van der Waals surface area contributed by atoms with Gasteiger partial charge in [0.05, 0.1) is 0 Å². The van der Waals surface area contributed by atoms with E-state index in [-0.39, 0.29) is 11.5 Å². The molecule has 2 aromatic carbocycles. The fraction of sp³-hybridized carbons (Fsp3) is 0.294. The van der Waals surface area contributed by atoms with Gasteiger partial charge in [-0.25, -0.2) is 0 Å². The Bertz CT molecular complexity index is 599. The number of rotatable bonds is 5.